The van der Waals surface area contributed by atoms with Crippen molar-refractivity contribution in [1.82, 2.24) is 9.62 Å². The van der Waals surface area contributed by atoms with E-state index in [1.165, 1.54) is 4.31 Å². The van der Waals surface area contributed by atoms with Crippen LogP contribution in [0.15, 0.2) is 42.5 Å². The summed E-state index contributed by atoms with van der Waals surface area (Å²) in [5.74, 6) is 0.219. The maximum atomic E-state index is 12.8. The minimum absolute atomic E-state index is 0.0606. The number of amides is 1. The number of hydrogen-bond donors (Lipinski definition) is 1. The molecule has 3 rings (SSSR count). The number of hydrogen-bond acceptors (Lipinski definition) is 4. The third-order valence-corrected chi connectivity index (χ3v) is 8.09. The molecule has 9 heteroatoms. The molecular formula is C22H26Cl2N2O4S. The molecule has 0 saturated carbocycles. The van der Waals surface area contributed by atoms with E-state index in [0.717, 1.165) is 11.3 Å². The first kappa shape index (κ1) is 23.9. The van der Waals surface area contributed by atoms with Crippen molar-refractivity contribution in [3.8, 4) is 5.75 Å². The Morgan fingerprint density at radius 3 is 2.26 bits per heavy atom. The molecule has 2 aromatic carbocycles. The van der Waals surface area contributed by atoms with E-state index in [1.807, 2.05) is 31.2 Å². The highest BCUT2D eigenvalue weighted by Gasteiger charge is 2.32. The number of sulfonamides is 1. The third kappa shape index (κ3) is 5.92. The van der Waals surface area contributed by atoms with Crippen LogP contribution in [0.25, 0.3) is 0 Å². The van der Waals surface area contributed by atoms with E-state index in [9.17, 15) is 13.2 Å². The topological polar surface area (TPSA) is 75.7 Å². The lowest BCUT2D eigenvalue weighted by Crippen LogP contribution is -2.43. The number of nitrogens with one attached hydrogen (secondary N) is 1. The summed E-state index contributed by atoms with van der Waals surface area (Å²) in [6.07, 6.45) is 0.938. The molecule has 1 atom stereocenters. The number of piperidine rings is 1. The second-order valence-electron chi connectivity index (χ2n) is 7.63. The van der Waals surface area contributed by atoms with Gasteiger partial charge < -0.3 is 10.1 Å². The lowest BCUT2D eigenvalue weighted by Gasteiger charge is -2.31. The summed E-state index contributed by atoms with van der Waals surface area (Å²) in [5.41, 5.74) is 1.38. The van der Waals surface area contributed by atoms with Crippen LogP contribution in [0.4, 0.5) is 0 Å². The van der Waals surface area contributed by atoms with Crippen molar-refractivity contribution in [1.29, 1.82) is 0 Å². The van der Waals surface area contributed by atoms with Gasteiger partial charge in [-0.05, 0) is 49.6 Å². The van der Waals surface area contributed by atoms with Gasteiger partial charge in [0.05, 0.1) is 18.9 Å². The van der Waals surface area contributed by atoms with Crippen LogP contribution < -0.4 is 10.1 Å². The third-order valence-electron chi connectivity index (χ3n) is 5.58. The molecule has 0 aliphatic carbocycles. The maximum absolute atomic E-state index is 12.8. The van der Waals surface area contributed by atoms with Gasteiger partial charge in [-0.2, -0.15) is 0 Å². The highest BCUT2D eigenvalue weighted by Crippen LogP contribution is 2.29. The SMILES string of the molecule is COc1ccc([C@@H](C)NC(=O)C2CCN(S(=O)(=O)Cc3c(Cl)cccc3Cl)CC2)cc1. The van der Waals surface area contributed by atoms with E-state index < -0.39 is 10.0 Å². The van der Waals surface area contributed by atoms with Crippen LogP contribution in [-0.2, 0) is 20.6 Å². The molecular weight excluding hydrogens is 459 g/mol. The van der Waals surface area contributed by atoms with E-state index >= 15 is 0 Å². The zero-order valence-corrected chi connectivity index (χ0v) is 19.8. The van der Waals surface area contributed by atoms with Gasteiger partial charge in [-0.3, -0.25) is 4.79 Å². The second-order valence-corrected chi connectivity index (χ2v) is 10.4. The van der Waals surface area contributed by atoms with Crippen molar-refractivity contribution in [2.75, 3.05) is 20.2 Å². The highest BCUT2D eigenvalue weighted by atomic mass is 35.5. The Kier molecular flexibility index (Phi) is 7.86. The van der Waals surface area contributed by atoms with E-state index in [2.05, 4.69) is 5.32 Å². The zero-order valence-electron chi connectivity index (χ0n) is 17.5. The highest BCUT2D eigenvalue weighted by molar-refractivity contribution is 7.88. The Morgan fingerprint density at radius 2 is 1.71 bits per heavy atom. The van der Waals surface area contributed by atoms with Crippen LogP contribution in [-0.4, -0.2) is 38.8 Å². The molecule has 168 valence electrons. The minimum Gasteiger partial charge on any atom is -0.497 e. The Hall–Kier alpha value is -1.80. The average molecular weight is 485 g/mol. The molecule has 2 aromatic rings. The van der Waals surface area contributed by atoms with Gasteiger partial charge in [-0.15, -0.1) is 0 Å². The first-order valence-corrected chi connectivity index (χ1v) is 12.4. The van der Waals surface area contributed by atoms with Crippen molar-refractivity contribution < 1.29 is 17.9 Å². The van der Waals surface area contributed by atoms with Crippen LogP contribution in [0.3, 0.4) is 0 Å². The molecule has 31 heavy (non-hydrogen) atoms. The van der Waals surface area contributed by atoms with Crippen molar-refractivity contribution >= 4 is 39.1 Å². The van der Waals surface area contributed by atoms with Crippen molar-refractivity contribution in [2.45, 2.75) is 31.6 Å². The van der Waals surface area contributed by atoms with Crippen LogP contribution >= 0.6 is 23.2 Å². The van der Waals surface area contributed by atoms with Crippen LogP contribution in [0, 0.1) is 5.92 Å². The fourth-order valence-corrected chi connectivity index (χ4v) is 5.96. The average Bonchev–Trinajstić information content (AvgIpc) is 2.76. The summed E-state index contributed by atoms with van der Waals surface area (Å²) in [6, 6.07) is 12.3. The first-order chi connectivity index (χ1) is 14.7. The van der Waals surface area contributed by atoms with Gasteiger partial charge in [0.2, 0.25) is 15.9 Å². The van der Waals surface area contributed by atoms with Gasteiger partial charge in [0.15, 0.2) is 0 Å². The van der Waals surface area contributed by atoms with Gasteiger partial charge in [-0.1, -0.05) is 41.4 Å². The molecule has 0 unspecified atom stereocenters. The molecule has 0 bridgehead atoms. The molecule has 1 N–H and O–H groups in total. The van der Waals surface area contributed by atoms with Gasteiger partial charge in [0, 0.05) is 34.6 Å². The van der Waals surface area contributed by atoms with Crippen LogP contribution in [0.5, 0.6) is 5.75 Å². The zero-order chi connectivity index (χ0) is 22.6. The fraction of sp³-hybridized carbons (Fsp3) is 0.409. The van der Waals surface area contributed by atoms with Gasteiger partial charge in [-0.25, -0.2) is 12.7 Å². The standard InChI is InChI=1S/C22H26Cl2N2O4S/c1-15(16-6-8-18(30-2)9-7-16)25-22(27)17-10-12-26(13-11-17)31(28,29)14-19-20(23)4-3-5-21(19)24/h3-9,15,17H,10-14H2,1-2H3,(H,25,27)/t15-/m1/s1. The van der Waals surface area contributed by atoms with E-state index in [-0.39, 0.29) is 23.6 Å². The normalized spacial score (nSPS) is 16.6. The van der Waals surface area contributed by atoms with Gasteiger partial charge in [0.25, 0.3) is 0 Å². The van der Waals surface area contributed by atoms with Crippen LogP contribution in [0.1, 0.15) is 36.9 Å². The van der Waals surface area contributed by atoms with Crippen molar-refractivity contribution in [3.05, 3.63) is 63.6 Å². The second kappa shape index (κ2) is 10.2. The summed E-state index contributed by atoms with van der Waals surface area (Å²) in [6.45, 7) is 2.51. The Labute approximate surface area is 193 Å². The lowest BCUT2D eigenvalue weighted by molar-refractivity contribution is -0.126. The smallest absolute Gasteiger partial charge is 0.223 e. The molecule has 1 aliphatic heterocycles. The molecule has 6 nitrogen and oxygen atoms in total. The number of halogens is 2. The van der Waals surface area contributed by atoms with Crippen molar-refractivity contribution in [2.24, 2.45) is 5.92 Å². The molecule has 1 saturated heterocycles. The number of carbonyl (C=O) groups excluding carboxylic acids is 1. The van der Waals surface area contributed by atoms with E-state index in [0.29, 0.717) is 41.5 Å². The number of rotatable bonds is 7. The van der Waals surface area contributed by atoms with Gasteiger partial charge >= 0.3 is 0 Å². The summed E-state index contributed by atoms with van der Waals surface area (Å²) in [4.78, 5) is 12.7. The predicted molar refractivity (Wildman–Crippen MR) is 123 cm³/mol. The summed E-state index contributed by atoms with van der Waals surface area (Å²) < 4.78 is 32.3. The monoisotopic (exact) mass is 484 g/mol. The van der Waals surface area contributed by atoms with E-state index in [1.54, 1.807) is 25.3 Å². The summed E-state index contributed by atoms with van der Waals surface area (Å²) in [7, 11) is -1.98. The molecule has 1 fully saturated rings. The molecule has 1 amide bonds. The van der Waals surface area contributed by atoms with Gasteiger partial charge in [0.1, 0.15) is 5.75 Å². The van der Waals surface area contributed by atoms with Crippen molar-refractivity contribution in [3.63, 3.8) is 0 Å². The number of methoxy groups -OCH3 is 1. The number of benzene rings is 2. The molecule has 0 spiro atoms. The number of ether oxygens (including phenoxy) is 1. The summed E-state index contributed by atoms with van der Waals surface area (Å²) >= 11 is 12.3. The molecule has 1 heterocycles. The lowest BCUT2D eigenvalue weighted by atomic mass is 9.96. The quantitative estimate of drug-likeness (QED) is 0.630. The Balaban J connectivity index is 1.56. The molecule has 0 radical (unpaired) electrons. The Bertz CT molecular complexity index is 1000. The largest absolute Gasteiger partial charge is 0.497 e. The summed E-state index contributed by atoms with van der Waals surface area (Å²) in [5, 5.41) is 3.69. The maximum Gasteiger partial charge on any atom is 0.223 e. The molecule has 1 aliphatic rings. The van der Waals surface area contributed by atoms with E-state index in [4.69, 9.17) is 27.9 Å². The van der Waals surface area contributed by atoms with Crippen LogP contribution in [0.2, 0.25) is 10.0 Å². The first-order valence-electron chi connectivity index (χ1n) is 10.1. The Morgan fingerprint density at radius 1 is 1.13 bits per heavy atom. The fourth-order valence-electron chi connectivity index (χ4n) is 3.65. The predicted octanol–water partition coefficient (Wildman–Crippen LogP) is 4.42. The minimum atomic E-state index is -3.58. The molecule has 0 aromatic heterocycles. The number of nitrogens with zero attached hydrogens (tertiary/aromatic N) is 1. The number of carbonyl (C=O) groups is 1.